The second-order valence-corrected chi connectivity index (χ2v) is 4.18. The van der Waals surface area contributed by atoms with Crippen molar-refractivity contribution >= 4 is 5.97 Å². The summed E-state index contributed by atoms with van der Waals surface area (Å²) in [5, 5.41) is 2.07. The van der Waals surface area contributed by atoms with Gasteiger partial charge in [-0.2, -0.15) is 0 Å². The maximum Gasteiger partial charge on any atom is 0.321 e. The Morgan fingerprint density at radius 2 is 1.94 bits per heavy atom. The first-order valence-electron chi connectivity index (χ1n) is 6.02. The zero-order valence-corrected chi connectivity index (χ0v) is 9.89. The summed E-state index contributed by atoms with van der Waals surface area (Å²) in [4.78, 5) is 11.5. The first-order chi connectivity index (χ1) is 8.34. The SMILES string of the molecule is O=C(CNN1CCCC1)OCc1ccccc1. The number of carbonyl (C=O) groups excluding carboxylic acids is 1. The van der Waals surface area contributed by atoms with E-state index < -0.39 is 0 Å². The molecule has 4 heteroatoms. The lowest BCUT2D eigenvalue weighted by molar-refractivity contribution is -0.144. The average Bonchev–Trinajstić information content (AvgIpc) is 2.88. The van der Waals surface area contributed by atoms with E-state index in [0.717, 1.165) is 18.7 Å². The Labute approximate surface area is 102 Å². The maximum atomic E-state index is 11.5. The number of hydrazine groups is 1. The van der Waals surface area contributed by atoms with E-state index >= 15 is 0 Å². The molecule has 17 heavy (non-hydrogen) atoms. The number of hydrogen-bond donors (Lipinski definition) is 1. The highest BCUT2D eigenvalue weighted by atomic mass is 16.5. The summed E-state index contributed by atoms with van der Waals surface area (Å²) in [6.45, 7) is 2.64. The smallest absolute Gasteiger partial charge is 0.321 e. The summed E-state index contributed by atoms with van der Waals surface area (Å²) in [5.74, 6) is -0.208. The molecule has 0 amide bonds. The summed E-state index contributed by atoms with van der Waals surface area (Å²) in [6, 6.07) is 9.71. The van der Waals surface area contributed by atoms with E-state index in [0.29, 0.717) is 6.61 Å². The van der Waals surface area contributed by atoms with E-state index in [9.17, 15) is 4.79 Å². The molecule has 0 unspecified atom stereocenters. The van der Waals surface area contributed by atoms with Crippen LogP contribution in [-0.2, 0) is 16.1 Å². The van der Waals surface area contributed by atoms with Crippen molar-refractivity contribution in [3.63, 3.8) is 0 Å². The number of rotatable bonds is 5. The van der Waals surface area contributed by atoms with E-state index in [1.165, 1.54) is 12.8 Å². The van der Waals surface area contributed by atoms with Crippen LogP contribution in [0.5, 0.6) is 0 Å². The van der Waals surface area contributed by atoms with Gasteiger partial charge in [-0.1, -0.05) is 30.3 Å². The summed E-state index contributed by atoms with van der Waals surface area (Å²) in [7, 11) is 0. The normalized spacial score (nSPS) is 16.0. The van der Waals surface area contributed by atoms with Gasteiger partial charge in [0.15, 0.2) is 0 Å². The Morgan fingerprint density at radius 3 is 2.65 bits per heavy atom. The number of carbonyl (C=O) groups is 1. The predicted octanol–water partition coefficient (Wildman–Crippen LogP) is 1.33. The van der Waals surface area contributed by atoms with E-state index in [-0.39, 0.29) is 12.5 Å². The Kier molecular flexibility index (Phi) is 4.53. The van der Waals surface area contributed by atoms with Gasteiger partial charge in [0.05, 0.1) is 0 Å². The molecule has 1 aromatic carbocycles. The third-order valence-corrected chi connectivity index (χ3v) is 2.80. The molecule has 2 rings (SSSR count). The number of nitrogens with one attached hydrogen (secondary N) is 1. The van der Waals surface area contributed by atoms with Gasteiger partial charge in [-0.05, 0) is 18.4 Å². The van der Waals surface area contributed by atoms with Crippen LogP contribution in [0.4, 0.5) is 0 Å². The van der Waals surface area contributed by atoms with Gasteiger partial charge in [-0.15, -0.1) is 0 Å². The van der Waals surface area contributed by atoms with Crippen molar-refractivity contribution in [2.75, 3.05) is 19.6 Å². The van der Waals surface area contributed by atoms with Gasteiger partial charge < -0.3 is 4.74 Å². The number of benzene rings is 1. The largest absolute Gasteiger partial charge is 0.460 e. The third-order valence-electron chi connectivity index (χ3n) is 2.80. The molecular weight excluding hydrogens is 216 g/mol. The Hall–Kier alpha value is -1.39. The number of hydrogen-bond acceptors (Lipinski definition) is 4. The lowest BCUT2D eigenvalue weighted by Gasteiger charge is -2.15. The molecule has 1 heterocycles. The highest BCUT2D eigenvalue weighted by molar-refractivity contribution is 5.71. The highest BCUT2D eigenvalue weighted by Gasteiger charge is 2.12. The summed E-state index contributed by atoms with van der Waals surface area (Å²) >= 11 is 0. The minimum Gasteiger partial charge on any atom is -0.460 e. The van der Waals surface area contributed by atoms with Gasteiger partial charge in [0, 0.05) is 13.1 Å². The first-order valence-corrected chi connectivity index (χ1v) is 6.02. The van der Waals surface area contributed by atoms with Crippen LogP contribution in [0.2, 0.25) is 0 Å². The quantitative estimate of drug-likeness (QED) is 0.780. The first kappa shape index (κ1) is 12.1. The van der Waals surface area contributed by atoms with Gasteiger partial charge in [0.2, 0.25) is 0 Å². The molecule has 0 atom stereocenters. The summed E-state index contributed by atoms with van der Waals surface area (Å²) < 4.78 is 5.16. The second-order valence-electron chi connectivity index (χ2n) is 4.18. The van der Waals surface area contributed by atoms with Crippen molar-refractivity contribution in [3.8, 4) is 0 Å². The van der Waals surface area contributed by atoms with Crippen molar-refractivity contribution in [2.24, 2.45) is 0 Å². The van der Waals surface area contributed by atoms with Gasteiger partial charge in [0.1, 0.15) is 13.2 Å². The average molecular weight is 234 g/mol. The zero-order valence-electron chi connectivity index (χ0n) is 9.89. The monoisotopic (exact) mass is 234 g/mol. The van der Waals surface area contributed by atoms with E-state index in [1.54, 1.807) is 0 Å². The minimum absolute atomic E-state index is 0.208. The van der Waals surface area contributed by atoms with Crippen molar-refractivity contribution in [2.45, 2.75) is 19.4 Å². The standard InChI is InChI=1S/C13H18N2O2/c16-13(10-14-15-8-4-5-9-15)17-11-12-6-2-1-3-7-12/h1-3,6-7,14H,4-5,8-11H2. The van der Waals surface area contributed by atoms with Crippen LogP contribution in [0.25, 0.3) is 0 Å². The van der Waals surface area contributed by atoms with Crippen LogP contribution >= 0.6 is 0 Å². The lowest BCUT2D eigenvalue weighted by Crippen LogP contribution is -2.39. The van der Waals surface area contributed by atoms with Crippen LogP contribution < -0.4 is 5.43 Å². The molecule has 0 radical (unpaired) electrons. The molecule has 4 nitrogen and oxygen atoms in total. The fraction of sp³-hybridized carbons (Fsp3) is 0.462. The molecule has 1 fully saturated rings. The zero-order chi connectivity index (χ0) is 11.9. The molecule has 0 saturated carbocycles. The molecule has 1 aliphatic rings. The fourth-order valence-electron chi connectivity index (χ4n) is 1.84. The molecule has 1 N–H and O–H groups in total. The van der Waals surface area contributed by atoms with Gasteiger partial charge in [0.25, 0.3) is 0 Å². The van der Waals surface area contributed by atoms with Gasteiger partial charge in [-0.25, -0.2) is 10.4 Å². The molecule has 92 valence electrons. The van der Waals surface area contributed by atoms with Crippen molar-refractivity contribution in [1.82, 2.24) is 10.4 Å². The van der Waals surface area contributed by atoms with E-state index in [1.807, 2.05) is 30.3 Å². The van der Waals surface area contributed by atoms with Crippen LogP contribution in [0.15, 0.2) is 30.3 Å². The number of esters is 1. The summed E-state index contributed by atoms with van der Waals surface area (Å²) in [5.41, 5.74) is 4.09. The third kappa shape index (κ3) is 4.17. The van der Waals surface area contributed by atoms with Crippen molar-refractivity contribution in [1.29, 1.82) is 0 Å². The Bertz CT molecular complexity index is 348. The van der Waals surface area contributed by atoms with Crippen molar-refractivity contribution in [3.05, 3.63) is 35.9 Å². The molecule has 0 bridgehead atoms. The topological polar surface area (TPSA) is 41.6 Å². The van der Waals surface area contributed by atoms with Crippen LogP contribution in [0.3, 0.4) is 0 Å². The molecule has 1 saturated heterocycles. The lowest BCUT2D eigenvalue weighted by atomic mass is 10.2. The molecule has 1 aliphatic heterocycles. The molecule has 0 aromatic heterocycles. The molecule has 0 spiro atoms. The minimum atomic E-state index is -0.208. The van der Waals surface area contributed by atoms with E-state index in [4.69, 9.17) is 4.74 Å². The molecule has 0 aliphatic carbocycles. The molecule has 1 aromatic rings. The van der Waals surface area contributed by atoms with Crippen LogP contribution in [-0.4, -0.2) is 30.6 Å². The Balaban J connectivity index is 1.64. The number of nitrogens with zero attached hydrogens (tertiary/aromatic N) is 1. The van der Waals surface area contributed by atoms with Crippen molar-refractivity contribution < 1.29 is 9.53 Å². The molecular formula is C13H18N2O2. The van der Waals surface area contributed by atoms with Crippen LogP contribution in [0.1, 0.15) is 18.4 Å². The van der Waals surface area contributed by atoms with E-state index in [2.05, 4.69) is 10.4 Å². The van der Waals surface area contributed by atoms with Crippen LogP contribution in [0, 0.1) is 0 Å². The van der Waals surface area contributed by atoms with Gasteiger partial charge >= 0.3 is 5.97 Å². The fourth-order valence-corrected chi connectivity index (χ4v) is 1.84. The highest BCUT2D eigenvalue weighted by Crippen LogP contribution is 2.03. The number of ether oxygens (including phenoxy) is 1. The second kappa shape index (κ2) is 6.37. The summed E-state index contributed by atoms with van der Waals surface area (Å²) in [6.07, 6.45) is 2.40. The van der Waals surface area contributed by atoms with Gasteiger partial charge in [-0.3, -0.25) is 4.79 Å². The predicted molar refractivity (Wildman–Crippen MR) is 65.0 cm³/mol. The maximum absolute atomic E-state index is 11.5. The Morgan fingerprint density at radius 1 is 1.24 bits per heavy atom.